The molecule has 2 aromatic heterocycles. The second-order valence-electron chi connectivity index (χ2n) is 6.13. The van der Waals surface area contributed by atoms with Gasteiger partial charge in [-0.05, 0) is 43.8 Å². The number of rotatable bonds is 5. The lowest BCUT2D eigenvalue weighted by Gasteiger charge is -2.10. The molecule has 0 aliphatic carbocycles. The summed E-state index contributed by atoms with van der Waals surface area (Å²) in [6.45, 7) is 4.16. The third kappa shape index (κ3) is 3.89. The molecule has 9 nitrogen and oxygen atoms in total. The Bertz CT molecular complexity index is 1200. The molecule has 0 bridgehead atoms. The number of aromatic nitrogens is 2. The van der Waals surface area contributed by atoms with Gasteiger partial charge in [0.25, 0.3) is 11.6 Å². The van der Waals surface area contributed by atoms with Crippen molar-refractivity contribution in [3.05, 3.63) is 62.2 Å². The first-order chi connectivity index (χ1) is 14.5. The van der Waals surface area contributed by atoms with Crippen LogP contribution in [-0.4, -0.2) is 37.6 Å². The normalized spacial score (nSPS) is 16.7. The molecule has 11 heteroatoms. The van der Waals surface area contributed by atoms with Gasteiger partial charge >= 0.3 is 0 Å². The molecule has 0 N–H and O–H groups in total. The molecule has 1 saturated heterocycles. The summed E-state index contributed by atoms with van der Waals surface area (Å²) in [5.41, 5.74) is 0.331. The molecule has 1 fully saturated rings. The van der Waals surface area contributed by atoms with Crippen LogP contribution in [0, 0.1) is 17.0 Å². The molecule has 0 saturated carbocycles. The number of hydrogen-bond donors (Lipinski definition) is 0. The number of amidine groups is 1. The van der Waals surface area contributed by atoms with E-state index >= 15 is 0 Å². The largest absolute Gasteiger partial charge is 0.456 e. The van der Waals surface area contributed by atoms with Crippen LogP contribution in [0.4, 0.5) is 10.8 Å². The molecule has 0 unspecified atom stereocenters. The van der Waals surface area contributed by atoms with E-state index in [1.54, 1.807) is 41.3 Å². The van der Waals surface area contributed by atoms with Gasteiger partial charge in [-0.25, -0.2) is 0 Å². The molecule has 3 heterocycles. The molecule has 1 aromatic carbocycles. The van der Waals surface area contributed by atoms with Gasteiger partial charge in [-0.3, -0.25) is 19.8 Å². The van der Waals surface area contributed by atoms with Crippen LogP contribution in [0.2, 0.25) is 0 Å². The van der Waals surface area contributed by atoms with Gasteiger partial charge in [-0.1, -0.05) is 23.5 Å². The van der Waals surface area contributed by atoms with Crippen LogP contribution in [0.15, 0.2) is 50.7 Å². The predicted octanol–water partition coefficient (Wildman–Crippen LogP) is 4.64. The first kappa shape index (κ1) is 20.0. The Morgan fingerprint density at radius 3 is 2.77 bits per heavy atom. The van der Waals surface area contributed by atoms with Crippen LogP contribution in [0.1, 0.15) is 17.7 Å². The molecule has 1 aliphatic rings. The smallest absolute Gasteiger partial charge is 0.280 e. The van der Waals surface area contributed by atoms with Crippen molar-refractivity contribution >= 4 is 51.1 Å². The summed E-state index contributed by atoms with van der Waals surface area (Å²) in [4.78, 5) is 30.0. The van der Waals surface area contributed by atoms with E-state index in [1.165, 1.54) is 29.2 Å². The summed E-state index contributed by atoms with van der Waals surface area (Å²) in [5, 5.41) is 21.0. The number of benzene rings is 1. The summed E-state index contributed by atoms with van der Waals surface area (Å²) >= 11 is 2.57. The van der Waals surface area contributed by atoms with Crippen molar-refractivity contribution in [2.75, 3.05) is 6.54 Å². The number of hydrogen-bond acceptors (Lipinski definition) is 9. The maximum atomic E-state index is 12.8. The number of nitro groups is 1. The number of carbonyl (C=O) groups is 1. The summed E-state index contributed by atoms with van der Waals surface area (Å²) in [7, 11) is 0. The lowest BCUT2D eigenvalue weighted by atomic mass is 10.1. The molecule has 4 rings (SSSR count). The minimum Gasteiger partial charge on any atom is -0.456 e. The van der Waals surface area contributed by atoms with Gasteiger partial charge < -0.3 is 4.42 Å². The Morgan fingerprint density at radius 2 is 2.07 bits per heavy atom. The lowest BCUT2D eigenvalue weighted by molar-refractivity contribution is -0.384. The van der Waals surface area contributed by atoms with Crippen molar-refractivity contribution in [3.63, 3.8) is 0 Å². The van der Waals surface area contributed by atoms with Gasteiger partial charge in [0.05, 0.1) is 15.4 Å². The van der Waals surface area contributed by atoms with Crippen LogP contribution < -0.4 is 0 Å². The zero-order valence-electron chi connectivity index (χ0n) is 15.9. The maximum absolute atomic E-state index is 12.8. The summed E-state index contributed by atoms with van der Waals surface area (Å²) in [5.74, 6) is 0.587. The fraction of sp³-hybridized carbons (Fsp3) is 0.158. The molecule has 0 spiro atoms. The van der Waals surface area contributed by atoms with Crippen molar-refractivity contribution < 1.29 is 14.1 Å². The topological polar surface area (TPSA) is 115 Å². The zero-order valence-corrected chi connectivity index (χ0v) is 17.6. The number of furan rings is 1. The highest BCUT2D eigenvalue weighted by Gasteiger charge is 2.33. The van der Waals surface area contributed by atoms with E-state index in [4.69, 9.17) is 4.42 Å². The number of nitro benzene ring substituents is 1. The van der Waals surface area contributed by atoms with Gasteiger partial charge in [-0.2, -0.15) is 4.99 Å². The Balaban J connectivity index is 1.64. The number of amides is 1. The van der Waals surface area contributed by atoms with E-state index < -0.39 is 4.92 Å². The third-order valence-corrected chi connectivity index (χ3v) is 5.92. The first-order valence-corrected chi connectivity index (χ1v) is 10.5. The minimum absolute atomic E-state index is 0.0451. The predicted molar refractivity (Wildman–Crippen MR) is 115 cm³/mol. The fourth-order valence-electron chi connectivity index (χ4n) is 2.83. The zero-order chi connectivity index (χ0) is 21.3. The molecular formula is C19H15N5O4S2. The van der Waals surface area contributed by atoms with E-state index in [0.29, 0.717) is 38.8 Å². The van der Waals surface area contributed by atoms with E-state index in [1.807, 2.05) is 13.8 Å². The molecule has 1 amide bonds. The Hall–Kier alpha value is -3.31. The molecule has 1 aliphatic heterocycles. The van der Waals surface area contributed by atoms with Crippen LogP contribution in [-0.2, 0) is 4.79 Å². The van der Waals surface area contributed by atoms with Crippen molar-refractivity contribution in [3.8, 4) is 11.3 Å². The summed E-state index contributed by atoms with van der Waals surface area (Å²) in [6, 6.07) is 9.67. The number of aliphatic imine (C=N–C) groups is 1. The van der Waals surface area contributed by atoms with Crippen molar-refractivity contribution in [2.45, 2.75) is 13.8 Å². The number of carbonyl (C=O) groups excluding carboxylic acids is 1. The fourth-order valence-corrected chi connectivity index (χ4v) is 4.47. The second kappa shape index (κ2) is 8.20. The highest BCUT2D eigenvalue weighted by Crippen LogP contribution is 2.36. The second-order valence-corrected chi connectivity index (χ2v) is 8.30. The highest BCUT2D eigenvalue weighted by atomic mass is 32.2. The van der Waals surface area contributed by atoms with E-state index in [0.717, 1.165) is 5.01 Å². The van der Waals surface area contributed by atoms with Crippen LogP contribution >= 0.6 is 23.1 Å². The highest BCUT2D eigenvalue weighted by molar-refractivity contribution is 8.18. The Labute approximate surface area is 179 Å². The summed E-state index contributed by atoms with van der Waals surface area (Å²) in [6.07, 6.45) is 1.61. The molecule has 30 heavy (non-hydrogen) atoms. The van der Waals surface area contributed by atoms with E-state index in [-0.39, 0.29) is 11.6 Å². The van der Waals surface area contributed by atoms with Gasteiger partial charge in [-0.15, -0.1) is 10.2 Å². The van der Waals surface area contributed by atoms with E-state index in [2.05, 4.69) is 15.2 Å². The third-order valence-electron chi connectivity index (χ3n) is 4.18. The standard InChI is InChI=1S/C19H15N5O4S2/c1-3-23-17(25)16(30-19(23)20-18-22-21-11(2)29-18)10-12-8-9-15(28-12)13-6-4-5-7-14(13)24(26)27/h4-10H,3H2,1-2H3/b16-10+,20-19+. The number of likely N-dealkylation sites (N-methyl/N-ethyl adjacent to an activating group) is 1. The molecule has 0 atom stereocenters. The molecule has 0 radical (unpaired) electrons. The maximum Gasteiger partial charge on any atom is 0.280 e. The first-order valence-electron chi connectivity index (χ1n) is 8.90. The van der Waals surface area contributed by atoms with Crippen molar-refractivity contribution in [2.24, 2.45) is 4.99 Å². The van der Waals surface area contributed by atoms with Gasteiger partial charge in [0.1, 0.15) is 16.5 Å². The monoisotopic (exact) mass is 441 g/mol. The van der Waals surface area contributed by atoms with Crippen molar-refractivity contribution in [1.29, 1.82) is 0 Å². The van der Waals surface area contributed by atoms with Crippen LogP contribution in [0.5, 0.6) is 0 Å². The number of thioether (sulfide) groups is 1. The number of aryl methyl sites for hydroxylation is 1. The Kier molecular flexibility index (Phi) is 5.46. The van der Waals surface area contributed by atoms with Gasteiger partial charge in [0, 0.05) is 18.7 Å². The molecular weight excluding hydrogens is 426 g/mol. The van der Waals surface area contributed by atoms with Crippen LogP contribution in [0.25, 0.3) is 17.4 Å². The average Bonchev–Trinajstić information content (AvgIpc) is 3.43. The van der Waals surface area contributed by atoms with Crippen molar-refractivity contribution in [1.82, 2.24) is 15.1 Å². The molecule has 3 aromatic rings. The SMILES string of the molecule is CCN1C(=O)/C(=C\c2ccc(-c3ccccc3[N+](=O)[O-])o2)S/C1=N/c1nnc(C)s1. The average molecular weight is 441 g/mol. The van der Waals surface area contributed by atoms with Gasteiger partial charge in [0.15, 0.2) is 5.17 Å². The van der Waals surface area contributed by atoms with Crippen LogP contribution in [0.3, 0.4) is 0 Å². The molecule has 152 valence electrons. The van der Waals surface area contributed by atoms with Gasteiger partial charge in [0.2, 0.25) is 5.13 Å². The number of para-hydroxylation sites is 1. The lowest BCUT2D eigenvalue weighted by Crippen LogP contribution is -2.28. The quantitative estimate of drug-likeness (QED) is 0.322. The minimum atomic E-state index is -0.455. The Morgan fingerprint density at radius 1 is 1.27 bits per heavy atom. The summed E-state index contributed by atoms with van der Waals surface area (Å²) < 4.78 is 5.77. The number of nitrogens with zero attached hydrogens (tertiary/aromatic N) is 5. The van der Waals surface area contributed by atoms with E-state index in [9.17, 15) is 14.9 Å².